The highest BCUT2D eigenvalue weighted by Crippen LogP contribution is 2.40. The molecule has 0 aliphatic carbocycles. The second-order valence-electron chi connectivity index (χ2n) is 6.99. The van der Waals surface area contributed by atoms with Crippen LogP contribution in [0, 0.1) is 0 Å². The summed E-state index contributed by atoms with van der Waals surface area (Å²) in [4.78, 5) is 6.85. The van der Waals surface area contributed by atoms with Crippen molar-refractivity contribution >= 4 is 22.5 Å². The second-order valence-corrected chi connectivity index (χ2v) is 7.40. The van der Waals surface area contributed by atoms with Crippen molar-refractivity contribution in [3.8, 4) is 5.75 Å². The van der Waals surface area contributed by atoms with E-state index in [0.29, 0.717) is 11.8 Å². The molecule has 0 N–H and O–H groups in total. The van der Waals surface area contributed by atoms with Gasteiger partial charge in [0.2, 0.25) is 0 Å². The first kappa shape index (κ1) is 17.2. The van der Waals surface area contributed by atoms with Crippen LogP contribution in [-0.2, 0) is 6.54 Å². The zero-order valence-corrected chi connectivity index (χ0v) is 16.0. The molecule has 0 saturated heterocycles. The zero-order valence-electron chi connectivity index (χ0n) is 15.3. The molecule has 28 heavy (non-hydrogen) atoms. The van der Waals surface area contributed by atoms with Gasteiger partial charge in [0.15, 0.2) is 5.75 Å². The van der Waals surface area contributed by atoms with Crippen LogP contribution in [0.2, 0.25) is 5.02 Å². The van der Waals surface area contributed by atoms with E-state index >= 15 is 0 Å². The van der Waals surface area contributed by atoms with E-state index < -0.39 is 0 Å². The summed E-state index contributed by atoms with van der Waals surface area (Å²) in [6, 6.07) is 27.1. The third-order valence-corrected chi connectivity index (χ3v) is 5.53. The van der Waals surface area contributed by atoms with Crippen molar-refractivity contribution in [2.75, 3.05) is 6.73 Å². The molecule has 3 nitrogen and oxygen atoms in total. The molecule has 0 fully saturated rings. The summed E-state index contributed by atoms with van der Waals surface area (Å²) in [5.74, 6) is 0.844. The molecule has 0 saturated carbocycles. The molecule has 5 rings (SSSR count). The summed E-state index contributed by atoms with van der Waals surface area (Å²) in [6.45, 7) is 1.24. The van der Waals surface area contributed by atoms with Gasteiger partial charge < -0.3 is 4.74 Å². The summed E-state index contributed by atoms with van der Waals surface area (Å²) in [6.07, 6.45) is 1.78. The topological polar surface area (TPSA) is 25.4 Å². The molecule has 0 atom stereocenters. The minimum atomic E-state index is 0.105. The maximum atomic E-state index is 6.54. The number of benzene rings is 3. The zero-order chi connectivity index (χ0) is 18.9. The first-order valence-corrected chi connectivity index (χ1v) is 9.72. The van der Waals surface area contributed by atoms with E-state index in [4.69, 9.17) is 16.3 Å². The predicted molar refractivity (Wildman–Crippen MR) is 113 cm³/mol. The van der Waals surface area contributed by atoms with E-state index in [-0.39, 0.29) is 6.04 Å². The number of nitrogens with zero attached hydrogens (tertiary/aromatic N) is 2. The molecular formula is C24H19ClN2O. The van der Waals surface area contributed by atoms with Crippen molar-refractivity contribution in [1.82, 2.24) is 9.88 Å². The van der Waals surface area contributed by atoms with Gasteiger partial charge in [-0.05, 0) is 29.3 Å². The number of hydrogen-bond donors (Lipinski definition) is 0. The Morgan fingerprint density at radius 1 is 0.893 bits per heavy atom. The number of aromatic nitrogens is 1. The van der Waals surface area contributed by atoms with Crippen LogP contribution in [0.1, 0.15) is 22.7 Å². The summed E-state index contributed by atoms with van der Waals surface area (Å²) in [5, 5.41) is 1.64. The number of fused-ring (bicyclic) bond motifs is 3. The molecule has 138 valence electrons. The first-order valence-electron chi connectivity index (χ1n) is 9.34. The molecule has 0 amide bonds. The van der Waals surface area contributed by atoms with Gasteiger partial charge in [0, 0.05) is 23.7 Å². The lowest BCUT2D eigenvalue weighted by molar-refractivity contribution is 0.0705. The quantitative estimate of drug-likeness (QED) is 0.443. The van der Waals surface area contributed by atoms with E-state index in [9.17, 15) is 0 Å². The molecule has 1 aromatic heterocycles. The van der Waals surface area contributed by atoms with Gasteiger partial charge in [0.1, 0.15) is 12.2 Å². The van der Waals surface area contributed by atoms with E-state index in [1.807, 2.05) is 30.3 Å². The molecule has 4 heteroatoms. The monoisotopic (exact) mass is 386 g/mol. The fourth-order valence-corrected chi connectivity index (χ4v) is 4.25. The Bertz CT molecular complexity index is 1080. The molecule has 0 spiro atoms. The third-order valence-electron chi connectivity index (χ3n) is 5.22. The number of hydrogen-bond acceptors (Lipinski definition) is 3. The normalized spacial score (nSPS) is 14.1. The van der Waals surface area contributed by atoms with Crippen molar-refractivity contribution in [3.05, 3.63) is 107 Å². The lowest BCUT2D eigenvalue weighted by Crippen LogP contribution is -2.36. The summed E-state index contributed by atoms with van der Waals surface area (Å²) < 4.78 is 6.23. The van der Waals surface area contributed by atoms with E-state index in [0.717, 1.165) is 28.8 Å². The molecule has 4 aromatic rings. The Morgan fingerprint density at radius 2 is 1.57 bits per heavy atom. The lowest BCUT2D eigenvalue weighted by atomic mass is 9.96. The molecule has 3 aromatic carbocycles. The predicted octanol–water partition coefficient (Wildman–Crippen LogP) is 5.83. The number of halogens is 1. The van der Waals surface area contributed by atoms with Crippen molar-refractivity contribution in [2.24, 2.45) is 0 Å². The van der Waals surface area contributed by atoms with Crippen LogP contribution in [0.15, 0.2) is 85.1 Å². The molecule has 1 aliphatic rings. The van der Waals surface area contributed by atoms with Crippen LogP contribution < -0.4 is 4.74 Å². The van der Waals surface area contributed by atoms with Crippen molar-refractivity contribution in [3.63, 3.8) is 0 Å². The maximum absolute atomic E-state index is 6.54. The van der Waals surface area contributed by atoms with Crippen LogP contribution in [0.5, 0.6) is 5.75 Å². The number of rotatable bonds is 3. The average Bonchev–Trinajstić information content (AvgIpc) is 2.76. The molecule has 0 bridgehead atoms. The minimum absolute atomic E-state index is 0.105. The van der Waals surface area contributed by atoms with Gasteiger partial charge in [-0.15, -0.1) is 0 Å². The Kier molecular flexibility index (Phi) is 4.47. The average molecular weight is 387 g/mol. The van der Waals surface area contributed by atoms with Gasteiger partial charge >= 0.3 is 0 Å². The molecule has 0 radical (unpaired) electrons. The summed E-state index contributed by atoms with van der Waals surface area (Å²) >= 11 is 6.54. The first-order chi connectivity index (χ1) is 13.8. The lowest BCUT2D eigenvalue weighted by Gasteiger charge is -2.36. The van der Waals surface area contributed by atoms with Crippen LogP contribution >= 0.6 is 11.6 Å². The highest BCUT2D eigenvalue weighted by atomic mass is 35.5. The van der Waals surface area contributed by atoms with E-state index in [1.54, 1.807) is 6.20 Å². The van der Waals surface area contributed by atoms with Crippen molar-refractivity contribution in [1.29, 1.82) is 0 Å². The number of ether oxygens (including phenoxy) is 1. The Hall–Kier alpha value is -2.88. The van der Waals surface area contributed by atoms with E-state index in [2.05, 4.69) is 58.4 Å². The van der Waals surface area contributed by atoms with Gasteiger partial charge in [-0.3, -0.25) is 9.88 Å². The molecular weight excluding hydrogens is 368 g/mol. The smallest absolute Gasteiger partial charge is 0.152 e. The summed E-state index contributed by atoms with van der Waals surface area (Å²) in [7, 11) is 0. The van der Waals surface area contributed by atoms with Crippen LogP contribution in [0.4, 0.5) is 0 Å². The van der Waals surface area contributed by atoms with Gasteiger partial charge in [-0.2, -0.15) is 0 Å². The largest absolute Gasteiger partial charge is 0.475 e. The van der Waals surface area contributed by atoms with Crippen molar-refractivity contribution in [2.45, 2.75) is 12.6 Å². The van der Waals surface area contributed by atoms with Gasteiger partial charge in [-0.1, -0.05) is 72.3 Å². The highest BCUT2D eigenvalue weighted by molar-refractivity contribution is 6.35. The highest BCUT2D eigenvalue weighted by Gasteiger charge is 2.28. The van der Waals surface area contributed by atoms with E-state index in [1.165, 1.54) is 11.1 Å². The molecule has 0 unspecified atom stereocenters. The van der Waals surface area contributed by atoms with Crippen LogP contribution in [-0.4, -0.2) is 16.6 Å². The summed E-state index contributed by atoms with van der Waals surface area (Å²) in [5.41, 5.74) is 4.39. The Labute approximate surface area is 169 Å². The fraction of sp³-hybridized carbons (Fsp3) is 0.125. The Balaban J connectivity index is 1.58. The van der Waals surface area contributed by atoms with Crippen LogP contribution in [0.25, 0.3) is 10.9 Å². The van der Waals surface area contributed by atoms with Gasteiger partial charge in [0.25, 0.3) is 0 Å². The maximum Gasteiger partial charge on any atom is 0.152 e. The number of pyridine rings is 1. The van der Waals surface area contributed by atoms with Gasteiger partial charge in [0.05, 0.1) is 11.1 Å². The fourth-order valence-electron chi connectivity index (χ4n) is 3.97. The minimum Gasteiger partial charge on any atom is -0.475 e. The second kappa shape index (κ2) is 7.27. The molecule has 1 aliphatic heterocycles. The molecule has 2 heterocycles. The van der Waals surface area contributed by atoms with Crippen LogP contribution in [0.3, 0.4) is 0 Å². The third kappa shape index (κ3) is 3.03. The van der Waals surface area contributed by atoms with Gasteiger partial charge in [-0.25, -0.2) is 0 Å². The van der Waals surface area contributed by atoms with Crippen molar-refractivity contribution < 1.29 is 4.74 Å². The SMILES string of the molecule is Clc1cc2c(c3ncccc13)OCN(C(c1ccccc1)c1ccccc1)C2. The standard InChI is InChI=1S/C24H19ClN2O/c25-21-14-19-15-27(16-28-24(19)22-20(21)12-7-13-26-22)23(17-8-3-1-4-9-17)18-10-5-2-6-11-18/h1-14,23H,15-16H2. The Morgan fingerprint density at radius 3 is 2.25 bits per heavy atom.